The third kappa shape index (κ3) is 6.32. The largest absolute Gasteiger partial charge is 0.354 e. The average molecular weight is 456 g/mol. The summed E-state index contributed by atoms with van der Waals surface area (Å²) in [4.78, 5) is 17.0. The number of rotatable bonds is 9. The third-order valence-electron chi connectivity index (χ3n) is 4.53. The second kappa shape index (κ2) is 10.5. The van der Waals surface area contributed by atoms with Crippen LogP contribution >= 0.6 is 11.8 Å². The molecule has 1 aromatic heterocycles. The molecule has 6 nitrogen and oxygen atoms in total. The van der Waals surface area contributed by atoms with Gasteiger partial charge in [0.25, 0.3) is 10.0 Å². The summed E-state index contributed by atoms with van der Waals surface area (Å²) in [5.41, 5.74) is 2.42. The minimum absolute atomic E-state index is 0.150. The number of amides is 1. The molecule has 0 unspecified atom stereocenters. The third-order valence-corrected chi connectivity index (χ3v) is 7.26. The monoisotopic (exact) mass is 455 g/mol. The SMILES string of the molecule is Cc1ccc(N(CC(=O)NCCSc2ccccn2)S(=O)(=O)c2ccc(C)cc2)cc1. The Labute approximate surface area is 187 Å². The average Bonchev–Trinajstić information content (AvgIpc) is 2.77. The Morgan fingerprint density at radius 1 is 0.968 bits per heavy atom. The van der Waals surface area contributed by atoms with Gasteiger partial charge in [-0.05, 0) is 50.2 Å². The Kier molecular flexibility index (Phi) is 7.70. The van der Waals surface area contributed by atoms with Crippen LogP contribution in [-0.2, 0) is 14.8 Å². The number of hydrogen-bond acceptors (Lipinski definition) is 5. The minimum atomic E-state index is -3.90. The summed E-state index contributed by atoms with van der Waals surface area (Å²) < 4.78 is 27.8. The van der Waals surface area contributed by atoms with Crippen LogP contribution in [0.1, 0.15) is 11.1 Å². The normalized spacial score (nSPS) is 11.2. The molecule has 0 atom stereocenters. The zero-order chi connectivity index (χ0) is 22.3. The standard InChI is InChI=1S/C23H25N3O3S2/c1-18-6-10-20(11-7-18)26(31(28,29)21-12-8-19(2)9-13-21)17-22(27)24-15-16-30-23-5-3-4-14-25-23/h3-14H,15-17H2,1-2H3,(H,24,27). The van der Waals surface area contributed by atoms with Crippen LogP contribution in [0.25, 0.3) is 0 Å². The molecule has 31 heavy (non-hydrogen) atoms. The van der Waals surface area contributed by atoms with Gasteiger partial charge in [0, 0.05) is 18.5 Å². The molecule has 0 bridgehead atoms. The molecule has 162 valence electrons. The van der Waals surface area contributed by atoms with Crippen molar-refractivity contribution < 1.29 is 13.2 Å². The number of carbonyl (C=O) groups is 1. The lowest BCUT2D eigenvalue weighted by molar-refractivity contribution is -0.119. The lowest BCUT2D eigenvalue weighted by atomic mass is 10.2. The summed E-state index contributed by atoms with van der Waals surface area (Å²) in [6, 6.07) is 19.4. The van der Waals surface area contributed by atoms with E-state index in [-0.39, 0.29) is 17.3 Å². The summed E-state index contributed by atoms with van der Waals surface area (Å²) in [7, 11) is -3.90. The summed E-state index contributed by atoms with van der Waals surface area (Å²) in [6.07, 6.45) is 1.72. The highest BCUT2D eigenvalue weighted by Crippen LogP contribution is 2.24. The fraction of sp³-hybridized carbons (Fsp3) is 0.217. The predicted molar refractivity (Wildman–Crippen MR) is 125 cm³/mol. The van der Waals surface area contributed by atoms with Crippen LogP contribution in [0.3, 0.4) is 0 Å². The van der Waals surface area contributed by atoms with Gasteiger partial charge in [-0.3, -0.25) is 9.10 Å². The highest BCUT2D eigenvalue weighted by atomic mass is 32.2. The summed E-state index contributed by atoms with van der Waals surface area (Å²) in [5.74, 6) is 0.274. The maximum Gasteiger partial charge on any atom is 0.264 e. The van der Waals surface area contributed by atoms with Gasteiger partial charge in [0.1, 0.15) is 6.54 Å². The molecule has 0 saturated carbocycles. The summed E-state index contributed by atoms with van der Waals surface area (Å²) in [5, 5.41) is 3.68. The van der Waals surface area contributed by atoms with Crippen molar-refractivity contribution in [3.63, 3.8) is 0 Å². The van der Waals surface area contributed by atoms with E-state index in [1.165, 1.54) is 11.8 Å². The summed E-state index contributed by atoms with van der Waals surface area (Å²) in [6.45, 7) is 3.93. The Bertz CT molecular complexity index is 1100. The minimum Gasteiger partial charge on any atom is -0.354 e. The van der Waals surface area contributed by atoms with Crippen LogP contribution in [0.2, 0.25) is 0 Å². The number of nitrogens with one attached hydrogen (secondary N) is 1. The van der Waals surface area contributed by atoms with Crippen molar-refractivity contribution in [2.45, 2.75) is 23.8 Å². The second-order valence-corrected chi connectivity index (χ2v) is 10.0. The number of aryl methyl sites for hydroxylation is 2. The van der Waals surface area contributed by atoms with Crippen LogP contribution in [0.4, 0.5) is 5.69 Å². The van der Waals surface area contributed by atoms with Crippen LogP contribution in [0.15, 0.2) is 82.8 Å². The molecular weight excluding hydrogens is 430 g/mol. The molecule has 0 radical (unpaired) electrons. The first kappa shape index (κ1) is 22.8. The van der Waals surface area contributed by atoms with Crippen molar-refractivity contribution in [1.82, 2.24) is 10.3 Å². The molecule has 1 N–H and O–H groups in total. The number of carbonyl (C=O) groups excluding carboxylic acids is 1. The number of nitrogens with zero attached hydrogens (tertiary/aromatic N) is 2. The lowest BCUT2D eigenvalue weighted by Gasteiger charge is -2.24. The Morgan fingerprint density at radius 2 is 1.61 bits per heavy atom. The lowest BCUT2D eigenvalue weighted by Crippen LogP contribution is -2.41. The number of benzene rings is 2. The molecule has 0 aliphatic rings. The van der Waals surface area contributed by atoms with Gasteiger partial charge < -0.3 is 5.32 Å². The van der Waals surface area contributed by atoms with Crippen molar-refractivity contribution >= 4 is 33.4 Å². The molecule has 3 aromatic rings. The van der Waals surface area contributed by atoms with Gasteiger partial charge in [-0.1, -0.05) is 41.5 Å². The topological polar surface area (TPSA) is 79.4 Å². The molecule has 0 fully saturated rings. The number of thioether (sulfide) groups is 1. The van der Waals surface area contributed by atoms with Gasteiger partial charge in [-0.2, -0.15) is 0 Å². The molecule has 0 saturated heterocycles. The smallest absolute Gasteiger partial charge is 0.264 e. The zero-order valence-corrected chi connectivity index (χ0v) is 19.1. The van der Waals surface area contributed by atoms with Gasteiger partial charge >= 0.3 is 0 Å². The number of sulfonamides is 1. The van der Waals surface area contributed by atoms with Gasteiger partial charge in [-0.25, -0.2) is 13.4 Å². The van der Waals surface area contributed by atoms with E-state index in [4.69, 9.17) is 0 Å². The van der Waals surface area contributed by atoms with Crippen molar-refractivity contribution in [2.75, 3.05) is 23.1 Å². The fourth-order valence-corrected chi connectivity index (χ4v) is 4.97. The first-order valence-corrected chi connectivity index (χ1v) is 12.3. The van der Waals surface area contributed by atoms with E-state index in [9.17, 15) is 13.2 Å². The van der Waals surface area contributed by atoms with Crippen molar-refractivity contribution in [1.29, 1.82) is 0 Å². The maximum absolute atomic E-state index is 13.3. The Morgan fingerprint density at radius 3 is 2.23 bits per heavy atom. The summed E-state index contributed by atoms with van der Waals surface area (Å²) >= 11 is 1.53. The van der Waals surface area contributed by atoms with E-state index in [0.717, 1.165) is 20.5 Å². The van der Waals surface area contributed by atoms with Crippen molar-refractivity contribution in [3.05, 3.63) is 84.1 Å². The first-order valence-electron chi connectivity index (χ1n) is 9.83. The van der Waals surface area contributed by atoms with Gasteiger partial charge in [0.15, 0.2) is 0 Å². The van der Waals surface area contributed by atoms with Crippen LogP contribution < -0.4 is 9.62 Å². The van der Waals surface area contributed by atoms with Crippen LogP contribution in [0, 0.1) is 13.8 Å². The molecule has 0 aliphatic carbocycles. The van der Waals surface area contributed by atoms with E-state index in [1.807, 2.05) is 44.2 Å². The highest BCUT2D eigenvalue weighted by molar-refractivity contribution is 7.99. The Hall–Kier alpha value is -2.84. The Balaban J connectivity index is 1.71. The van der Waals surface area contributed by atoms with Crippen molar-refractivity contribution in [3.8, 4) is 0 Å². The van der Waals surface area contributed by atoms with E-state index in [0.29, 0.717) is 18.0 Å². The molecule has 0 spiro atoms. The van der Waals surface area contributed by atoms with E-state index < -0.39 is 10.0 Å². The second-order valence-electron chi connectivity index (χ2n) is 7.03. The maximum atomic E-state index is 13.3. The first-order chi connectivity index (χ1) is 14.9. The fourth-order valence-electron chi connectivity index (χ4n) is 2.83. The predicted octanol–water partition coefficient (Wildman–Crippen LogP) is 3.80. The quantitative estimate of drug-likeness (QED) is 0.392. The van der Waals surface area contributed by atoms with E-state index >= 15 is 0 Å². The molecule has 8 heteroatoms. The highest BCUT2D eigenvalue weighted by Gasteiger charge is 2.27. The van der Waals surface area contributed by atoms with Crippen molar-refractivity contribution in [2.24, 2.45) is 0 Å². The zero-order valence-electron chi connectivity index (χ0n) is 17.5. The number of aromatic nitrogens is 1. The molecule has 3 rings (SSSR count). The van der Waals surface area contributed by atoms with Crippen LogP contribution in [0.5, 0.6) is 0 Å². The van der Waals surface area contributed by atoms with Gasteiger partial charge in [0.05, 0.1) is 15.6 Å². The molecule has 0 aliphatic heterocycles. The van der Waals surface area contributed by atoms with Crippen LogP contribution in [-0.4, -0.2) is 38.2 Å². The number of hydrogen-bond donors (Lipinski definition) is 1. The number of anilines is 1. The van der Waals surface area contributed by atoms with E-state index in [2.05, 4.69) is 10.3 Å². The van der Waals surface area contributed by atoms with Gasteiger partial charge in [-0.15, -0.1) is 11.8 Å². The molecule has 2 aromatic carbocycles. The molecule has 1 amide bonds. The van der Waals surface area contributed by atoms with Gasteiger partial charge in [0.2, 0.25) is 5.91 Å². The number of pyridine rings is 1. The molecule has 1 heterocycles. The molecular formula is C23H25N3O3S2. The van der Waals surface area contributed by atoms with E-state index in [1.54, 1.807) is 42.6 Å².